The van der Waals surface area contributed by atoms with E-state index in [4.69, 9.17) is 0 Å². The number of likely N-dealkylation sites (tertiary alicyclic amines) is 1. The van der Waals surface area contributed by atoms with E-state index >= 15 is 0 Å². The topological polar surface area (TPSA) is 67.2 Å². The van der Waals surface area contributed by atoms with E-state index in [2.05, 4.69) is 10.3 Å². The van der Waals surface area contributed by atoms with Crippen LogP contribution in [0.4, 0.5) is 5.69 Å². The molecule has 0 spiro atoms. The molecular formula is C16H18N4O2. The minimum Gasteiger partial charge on any atom is -0.384 e. The van der Waals surface area contributed by atoms with Crippen molar-refractivity contribution in [2.75, 3.05) is 25.5 Å². The Labute approximate surface area is 128 Å². The summed E-state index contributed by atoms with van der Waals surface area (Å²) in [4.78, 5) is 30.6. The van der Waals surface area contributed by atoms with E-state index in [1.807, 2.05) is 4.90 Å². The lowest BCUT2D eigenvalue weighted by Gasteiger charge is -2.15. The molecule has 1 aliphatic heterocycles. The Morgan fingerprint density at radius 2 is 2.00 bits per heavy atom. The second kappa shape index (κ2) is 6.01. The summed E-state index contributed by atoms with van der Waals surface area (Å²) in [5, 5.41) is 2.85. The van der Waals surface area contributed by atoms with E-state index in [0.717, 1.165) is 25.9 Å². The van der Waals surface area contributed by atoms with Gasteiger partial charge in [-0.3, -0.25) is 14.2 Å². The molecule has 1 amide bonds. The lowest BCUT2D eigenvalue weighted by Crippen LogP contribution is -2.28. The molecule has 6 heteroatoms. The molecule has 1 saturated heterocycles. The number of aromatic nitrogens is 2. The number of carbonyl (C=O) groups excluding carboxylic acids is 1. The van der Waals surface area contributed by atoms with Crippen molar-refractivity contribution in [1.29, 1.82) is 0 Å². The predicted molar refractivity (Wildman–Crippen MR) is 84.5 cm³/mol. The molecule has 22 heavy (non-hydrogen) atoms. The predicted octanol–water partition coefficient (Wildman–Crippen LogP) is 1.51. The Balaban J connectivity index is 1.88. The van der Waals surface area contributed by atoms with Crippen molar-refractivity contribution in [3.8, 4) is 5.82 Å². The van der Waals surface area contributed by atoms with Gasteiger partial charge in [0.05, 0.1) is 5.56 Å². The normalized spacial score (nSPS) is 14.1. The molecule has 114 valence electrons. The number of pyridine rings is 2. The third-order valence-electron chi connectivity index (χ3n) is 3.85. The fourth-order valence-electron chi connectivity index (χ4n) is 2.62. The average molecular weight is 298 g/mol. The molecule has 1 N–H and O–H groups in total. The van der Waals surface area contributed by atoms with Crippen molar-refractivity contribution in [1.82, 2.24) is 14.5 Å². The standard InChI is InChI=1S/C16H18N4O2/c1-17-13-5-4-10-20(16(13)22)14-7-6-12(11-18-14)15(21)19-8-2-3-9-19/h4-7,10-11,17H,2-3,8-9H2,1H3. The number of hydrogen-bond acceptors (Lipinski definition) is 4. The van der Waals surface area contributed by atoms with Gasteiger partial charge in [0.25, 0.3) is 11.5 Å². The molecule has 3 heterocycles. The van der Waals surface area contributed by atoms with Gasteiger partial charge in [-0.15, -0.1) is 0 Å². The molecule has 0 aliphatic carbocycles. The summed E-state index contributed by atoms with van der Waals surface area (Å²) in [6, 6.07) is 6.91. The zero-order valence-electron chi connectivity index (χ0n) is 12.5. The minimum atomic E-state index is -0.170. The van der Waals surface area contributed by atoms with Crippen LogP contribution in [-0.4, -0.2) is 40.5 Å². The van der Waals surface area contributed by atoms with Crippen LogP contribution in [0.15, 0.2) is 41.5 Å². The molecule has 0 unspecified atom stereocenters. The SMILES string of the molecule is CNc1cccn(-c2ccc(C(=O)N3CCCC3)cn2)c1=O. The lowest BCUT2D eigenvalue weighted by atomic mass is 10.2. The molecule has 0 bridgehead atoms. The second-order valence-electron chi connectivity index (χ2n) is 5.25. The maximum atomic E-state index is 12.3. The molecule has 1 aliphatic rings. The zero-order valence-corrected chi connectivity index (χ0v) is 12.5. The number of amides is 1. The first-order chi connectivity index (χ1) is 10.7. The van der Waals surface area contributed by atoms with E-state index in [0.29, 0.717) is 17.1 Å². The summed E-state index contributed by atoms with van der Waals surface area (Å²) in [7, 11) is 1.70. The first-order valence-corrected chi connectivity index (χ1v) is 7.36. The Morgan fingerprint density at radius 1 is 1.23 bits per heavy atom. The van der Waals surface area contributed by atoms with Crippen molar-refractivity contribution in [2.45, 2.75) is 12.8 Å². The van der Waals surface area contributed by atoms with Gasteiger partial charge in [-0.1, -0.05) is 0 Å². The third-order valence-corrected chi connectivity index (χ3v) is 3.85. The van der Waals surface area contributed by atoms with E-state index in [1.54, 1.807) is 37.5 Å². The Kier molecular flexibility index (Phi) is 3.91. The summed E-state index contributed by atoms with van der Waals surface area (Å²) in [5.41, 5.74) is 0.890. The molecule has 0 atom stereocenters. The molecule has 2 aromatic heterocycles. The van der Waals surface area contributed by atoms with Gasteiger partial charge in [-0.05, 0) is 37.1 Å². The van der Waals surface area contributed by atoms with Crippen LogP contribution < -0.4 is 10.9 Å². The van der Waals surface area contributed by atoms with Crippen LogP contribution in [0.2, 0.25) is 0 Å². The van der Waals surface area contributed by atoms with E-state index in [9.17, 15) is 9.59 Å². The monoisotopic (exact) mass is 298 g/mol. The maximum Gasteiger partial charge on any atom is 0.279 e. The van der Waals surface area contributed by atoms with Gasteiger partial charge in [0, 0.05) is 32.5 Å². The van der Waals surface area contributed by atoms with Crippen molar-refractivity contribution in [2.24, 2.45) is 0 Å². The van der Waals surface area contributed by atoms with Gasteiger partial charge >= 0.3 is 0 Å². The van der Waals surface area contributed by atoms with E-state index in [1.165, 1.54) is 10.8 Å². The highest BCUT2D eigenvalue weighted by atomic mass is 16.2. The van der Waals surface area contributed by atoms with Crippen LogP contribution >= 0.6 is 0 Å². The van der Waals surface area contributed by atoms with Crippen molar-refractivity contribution in [3.63, 3.8) is 0 Å². The third kappa shape index (κ3) is 2.59. The number of nitrogens with zero attached hydrogens (tertiary/aromatic N) is 3. The molecule has 1 fully saturated rings. The quantitative estimate of drug-likeness (QED) is 0.932. The molecule has 2 aromatic rings. The lowest BCUT2D eigenvalue weighted by molar-refractivity contribution is 0.0792. The van der Waals surface area contributed by atoms with Crippen LogP contribution in [0.3, 0.4) is 0 Å². The largest absolute Gasteiger partial charge is 0.384 e. The number of anilines is 1. The first kappa shape index (κ1) is 14.3. The van der Waals surface area contributed by atoms with Gasteiger partial charge in [-0.25, -0.2) is 4.98 Å². The van der Waals surface area contributed by atoms with Crippen molar-refractivity contribution in [3.05, 3.63) is 52.6 Å². The van der Waals surface area contributed by atoms with Gasteiger partial charge in [-0.2, -0.15) is 0 Å². The molecule has 0 saturated carbocycles. The zero-order chi connectivity index (χ0) is 15.5. The molecule has 3 rings (SSSR count). The molecule has 0 radical (unpaired) electrons. The van der Waals surface area contributed by atoms with Gasteiger partial charge in [0.1, 0.15) is 11.5 Å². The highest BCUT2D eigenvalue weighted by Crippen LogP contribution is 2.13. The van der Waals surface area contributed by atoms with E-state index in [-0.39, 0.29) is 11.5 Å². The number of rotatable bonds is 3. The highest BCUT2D eigenvalue weighted by Gasteiger charge is 2.19. The van der Waals surface area contributed by atoms with Gasteiger partial charge < -0.3 is 10.2 Å². The van der Waals surface area contributed by atoms with Crippen molar-refractivity contribution < 1.29 is 4.79 Å². The smallest absolute Gasteiger partial charge is 0.279 e. The number of hydrogen-bond donors (Lipinski definition) is 1. The van der Waals surface area contributed by atoms with Gasteiger partial charge in [0.2, 0.25) is 0 Å². The maximum absolute atomic E-state index is 12.3. The fourth-order valence-corrected chi connectivity index (χ4v) is 2.62. The number of nitrogens with one attached hydrogen (secondary N) is 1. The summed E-state index contributed by atoms with van der Waals surface area (Å²) >= 11 is 0. The second-order valence-corrected chi connectivity index (χ2v) is 5.25. The fraction of sp³-hybridized carbons (Fsp3) is 0.312. The summed E-state index contributed by atoms with van der Waals surface area (Å²) in [6.07, 6.45) is 5.31. The average Bonchev–Trinajstić information content (AvgIpc) is 3.09. The van der Waals surface area contributed by atoms with Gasteiger partial charge in [0.15, 0.2) is 0 Å². The van der Waals surface area contributed by atoms with Crippen LogP contribution in [0.25, 0.3) is 5.82 Å². The Bertz CT molecular complexity index is 731. The van der Waals surface area contributed by atoms with Crippen LogP contribution in [0.1, 0.15) is 23.2 Å². The minimum absolute atomic E-state index is 0.00729. The molecule has 0 aromatic carbocycles. The molecule has 6 nitrogen and oxygen atoms in total. The van der Waals surface area contributed by atoms with Crippen LogP contribution in [0.5, 0.6) is 0 Å². The van der Waals surface area contributed by atoms with Crippen molar-refractivity contribution >= 4 is 11.6 Å². The Morgan fingerprint density at radius 3 is 2.64 bits per heavy atom. The van der Waals surface area contributed by atoms with E-state index < -0.39 is 0 Å². The molecular weight excluding hydrogens is 280 g/mol. The summed E-state index contributed by atoms with van der Waals surface area (Å²) in [5.74, 6) is 0.507. The number of carbonyl (C=O) groups is 1. The summed E-state index contributed by atoms with van der Waals surface area (Å²) in [6.45, 7) is 1.62. The van der Waals surface area contributed by atoms with Crippen LogP contribution in [0, 0.1) is 0 Å². The first-order valence-electron chi connectivity index (χ1n) is 7.36. The highest BCUT2D eigenvalue weighted by molar-refractivity contribution is 5.94. The Hall–Kier alpha value is -2.63. The van der Waals surface area contributed by atoms with Crippen LogP contribution in [-0.2, 0) is 0 Å². The summed E-state index contributed by atoms with van der Waals surface area (Å²) < 4.78 is 1.45.